The maximum Gasteiger partial charge on any atom is 0.308 e. The number of hydrogen-bond acceptors (Lipinski definition) is 12. The van der Waals surface area contributed by atoms with E-state index in [2.05, 4.69) is 15.0 Å². The van der Waals surface area contributed by atoms with Gasteiger partial charge in [0.15, 0.2) is 34.5 Å². The summed E-state index contributed by atoms with van der Waals surface area (Å²) in [5.74, 6) is -4.04. The molecule has 0 bridgehead atoms. The summed E-state index contributed by atoms with van der Waals surface area (Å²) < 4.78 is 33.1. The van der Waals surface area contributed by atoms with Gasteiger partial charge in [0.2, 0.25) is 0 Å². The van der Waals surface area contributed by atoms with Crippen LogP contribution in [0.4, 0.5) is 0 Å². The van der Waals surface area contributed by atoms with E-state index in [1.807, 2.05) is 13.8 Å². The van der Waals surface area contributed by atoms with Gasteiger partial charge in [-0.2, -0.15) is 0 Å². The first-order valence-corrected chi connectivity index (χ1v) is 16.6. The van der Waals surface area contributed by atoms with Gasteiger partial charge in [-0.3, -0.25) is 28.8 Å². The average Bonchev–Trinajstić information content (AvgIpc) is 3.63. The molecule has 0 unspecified atom stereocenters. The normalized spacial score (nSPS) is 11.1. The topological polar surface area (TPSA) is 205 Å². The maximum absolute atomic E-state index is 12.7. The highest BCUT2D eigenvalue weighted by Crippen LogP contribution is 2.52. The van der Waals surface area contributed by atoms with Crippen LogP contribution in [0.25, 0.3) is 55.0 Å². The van der Waals surface area contributed by atoms with Crippen LogP contribution in [0.15, 0.2) is 30.3 Å². The Morgan fingerprint density at radius 3 is 1.11 bits per heavy atom. The van der Waals surface area contributed by atoms with Gasteiger partial charge in [0.25, 0.3) is 0 Å². The molecule has 0 aliphatic carbocycles. The number of nitrogens with one attached hydrogen (secondary N) is 3. The van der Waals surface area contributed by atoms with Crippen molar-refractivity contribution >= 4 is 68.5 Å². The van der Waals surface area contributed by atoms with Gasteiger partial charge in [-0.25, -0.2) is 0 Å². The van der Waals surface area contributed by atoms with Crippen molar-refractivity contribution < 1.29 is 57.2 Å². The van der Waals surface area contributed by atoms with E-state index in [-0.39, 0.29) is 34.5 Å². The van der Waals surface area contributed by atoms with Crippen LogP contribution in [-0.2, 0) is 28.8 Å². The van der Waals surface area contributed by atoms with Crippen LogP contribution in [0, 0.1) is 20.8 Å². The van der Waals surface area contributed by atoms with Crippen molar-refractivity contribution in [1.82, 2.24) is 15.0 Å². The molecule has 0 spiro atoms. The molecular weight excluding hydrogens is 702 g/mol. The van der Waals surface area contributed by atoms with Gasteiger partial charge in [0, 0.05) is 104 Å². The van der Waals surface area contributed by atoms with Crippen molar-refractivity contribution in [2.75, 3.05) is 0 Å². The zero-order chi connectivity index (χ0) is 39.3. The second-order valence-corrected chi connectivity index (χ2v) is 12.6. The zero-order valence-electron chi connectivity index (χ0n) is 30.8. The number of rotatable bonds is 8. The first-order valence-electron chi connectivity index (χ1n) is 16.6. The summed E-state index contributed by atoms with van der Waals surface area (Å²) in [5.41, 5.74) is 5.55. The second-order valence-electron chi connectivity index (χ2n) is 12.6. The standard InChI is InChI=1S/C39H35N3O12/c1-15-34(24-10-29(49-18(4)43)31(51-20(6)45)13-27(24)40-15)36-17(3)42-38-26(36)12-33(53-22(8)47)39(54-23(9)48)37(38)35-16(2)41-28-14-32(52-21(7)46)30(11-25(28)35)50-19(5)44/h10-14,40-42H,1-9H3. The molecule has 6 aromatic rings. The predicted molar refractivity (Wildman–Crippen MR) is 195 cm³/mol. The Labute approximate surface area is 306 Å². The molecule has 0 amide bonds. The Morgan fingerprint density at radius 2 is 0.704 bits per heavy atom. The molecular formula is C39H35N3O12. The molecule has 15 heteroatoms. The Hall–Kier alpha value is -6.90. The number of aromatic amines is 3. The van der Waals surface area contributed by atoms with E-state index in [1.54, 1.807) is 25.1 Å². The van der Waals surface area contributed by atoms with Crippen molar-refractivity contribution in [3.05, 3.63) is 47.4 Å². The number of carbonyl (C=O) groups excluding carboxylic acids is 6. The Kier molecular flexibility index (Phi) is 9.50. The van der Waals surface area contributed by atoms with Crippen LogP contribution in [0.2, 0.25) is 0 Å². The van der Waals surface area contributed by atoms with Crippen molar-refractivity contribution in [3.8, 4) is 56.8 Å². The summed E-state index contributed by atoms with van der Waals surface area (Å²) in [5, 5.41) is 1.63. The number of ether oxygens (including phenoxy) is 6. The molecule has 0 saturated carbocycles. The van der Waals surface area contributed by atoms with Crippen LogP contribution in [0.3, 0.4) is 0 Å². The maximum atomic E-state index is 12.7. The number of fused-ring (bicyclic) bond motifs is 3. The molecule has 6 rings (SSSR count). The predicted octanol–water partition coefficient (Wildman–Crippen LogP) is 6.94. The largest absolute Gasteiger partial charge is 0.423 e. The smallest absolute Gasteiger partial charge is 0.308 e. The molecule has 3 aromatic heterocycles. The van der Waals surface area contributed by atoms with Gasteiger partial charge < -0.3 is 43.4 Å². The molecule has 0 atom stereocenters. The molecule has 0 fully saturated rings. The van der Waals surface area contributed by atoms with Gasteiger partial charge >= 0.3 is 35.8 Å². The Balaban J connectivity index is 1.74. The monoisotopic (exact) mass is 737 g/mol. The third kappa shape index (κ3) is 6.86. The van der Waals surface area contributed by atoms with Crippen molar-refractivity contribution in [2.45, 2.75) is 62.3 Å². The summed E-state index contributed by atoms with van der Waals surface area (Å²) in [4.78, 5) is 83.4. The molecule has 15 nitrogen and oxygen atoms in total. The minimum atomic E-state index is -0.697. The number of esters is 6. The van der Waals surface area contributed by atoms with E-state index in [0.717, 1.165) is 0 Å². The summed E-state index contributed by atoms with van der Waals surface area (Å²) >= 11 is 0. The van der Waals surface area contributed by atoms with E-state index in [1.165, 1.54) is 53.7 Å². The van der Waals surface area contributed by atoms with E-state index < -0.39 is 35.8 Å². The number of carbonyl (C=O) groups is 6. The van der Waals surface area contributed by atoms with Crippen molar-refractivity contribution in [1.29, 1.82) is 0 Å². The van der Waals surface area contributed by atoms with E-state index >= 15 is 0 Å². The van der Waals surface area contributed by atoms with Crippen molar-refractivity contribution in [2.24, 2.45) is 0 Å². The van der Waals surface area contributed by atoms with E-state index in [9.17, 15) is 28.8 Å². The van der Waals surface area contributed by atoms with Crippen LogP contribution in [0.5, 0.6) is 34.5 Å². The summed E-state index contributed by atoms with van der Waals surface area (Å²) in [7, 11) is 0. The molecule has 0 saturated heterocycles. The number of H-pyrrole nitrogens is 3. The quantitative estimate of drug-likeness (QED) is 0.107. The lowest BCUT2D eigenvalue weighted by molar-refractivity contribution is -0.134. The lowest BCUT2D eigenvalue weighted by atomic mass is 9.94. The molecule has 0 aliphatic rings. The van der Waals surface area contributed by atoms with Gasteiger partial charge in [-0.05, 0) is 39.0 Å². The Morgan fingerprint density at radius 1 is 0.389 bits per heavy atom. The molecule has 3 N–H and O–H groups in total. The van der Waals surface area contributed by atoms with Crippen LogP contribution >= 0.6 is 0 Å². The van der Waals surface area contributed by atoms with Crippen LogP contribution in [0.1, 0.15) is 58.6 Å². The first kappa shape index (κ1) is 36.9. The summed E-state index contributed by atoms with van der Waals surface area (Å²) in [6.45, 7) is 12.8. The average molecular weight is 738 g/mol. The highest BCUT2D eigenvalue weighted by molar-refractivity contribution is 6.16. The zero-order valence-corrected chi connectivity index (χ0v) is 30.8. The highest BCUT2D eigenvalue weighted by Gasteiger charge is 2.30. The number of benzene rings is 3. The molecule has 3 aromatic carbocycles. The first-order chi connectivity index (χ1) is 25.4. The second kappa shape index (κ2) is 13.9. The lowest BCUT2D eigenvalue weighted by Gasteiger charge is -2.16. The fourth-order valence-corrected chi connectivity index (χ4v) is 6.71. The molecule has 54 heavy (non-hydrogen) atoms. The highest BCUT2D eigenvalue weighted by atomic mass is 16.6. The number of aromatic nitrogens is 3. The molecule has 278 valence electrons. The van der Waals surface area contributed by atoms with E-state index in [4.69, 9.17) is 28.4 Å². The lowest BCUT2D eigenvalue weighted by Crippen LogP contribution is -2.09. The molecule has 0 radical (unpaired) electrons. The summed E-state index contributed by atoms with van der Waals surface area (Å²) in [6, 6.07) is 7.77. The van der Waals surface area contributed by atoms with Gasteiger partial charge in [0.1, 0.15) is 0 Å². The molecule has 0 aliphatic heterocycles. The van der Waals surface area contributed by atoms with Gasteiger partial charge in [-0.1, -0.05) is 0 Å². The van der Waals surface area contributed by atoms with Crippen molar-refractivity contribution in [3.63, 3.8) is 0 Å². The third-order valence-corrected chi connectivity index (χ3v) is 8.32. The minimum Gasteiger partial charge on any atom is -0.423 e. The number of hydrogen-bond donors (Lipinski definition) is 3. The van der Waals surface area contributed by atoms with E-state index in [0.29, 0.717) is 72.0 Å². The SMILES string of the molecule is CC(=O)Oc1cc2[nH]c(C)c(-c3c(C)[nH]c4c(-c5c(C)[nH]c6cc(OC(C)=O)c(OC(C)=O)cc56)c(OC(C)=O)c(OC(C)=O)cc34)c2cc1OC(C)=O. The summed E-state index contributed by atoms with van der Waals surface area (Å²) in [6.07, 6.45) is 0. The fourth-order valence-electron chi connectivity index (χ4n) is 6.71. The van der Waals surface area contributed by atoms with Crippen LogP contribution < -0.4 is 28.4 Å². The van der Waals surface area contributed by atoms with Crippen LogP contribution in [-0.4, -0.2) is 50.8 Å². The minimum absolute atomic E-state index is 0.00480. The molecule has 3 heterocycles. The fraction of sp³-hybridized carbons (Fsp3) is 0.231. The Bertz CT molecular complexity index is 2620. The van der Waals surface area contributed by atoms with Gasteiger partial charge in [-0.15, -0.1) is 0 Å². The number of aryl methyl sites for hydroxylation is 3. The third-order valence-electron chi connectivity index (χ3n) is 8.32. The van der Waals surface area contributed by atoms with Gasteiger partial charge in [0.05, 0.1) is 22.1 Å².